The molecule has 1 saturated carbocycles. The van der Waals surface area contributed by atoms with Crippen molar-refractivity contribution in [2.75, 3.05) is 0 Å². The number of amides is 1. The van der Waals surface area contributed by atoms with Gasteiger partial charge >= 0.3 is 6.18 Å². The Morgan fingerprint density at radius 2 is 1.83 bits per heavy atom. The van der Waals surface area contributed by atoms with E-state index >= 15 is 0 Å². The SMILES string of the molecule is CC1CCC(NC(=O)C(C)(N)C(F)(F)F)C(C)C1. The molecule has 0 saturated heterocycles. The third kappa shape index (κ3) is 3.16. The molecule has 3 nitrogen and oxygen atoms in total. The summed E-state index contributed by atoms with van der Waals surface area (Å²) in [5, 5.41) is 2.45. The lowest BCUT2D eigenvalue weighted by Gasteiger charge is -2.35. The van der Waals surface area contributed by atoms with Crippen LogP contribution in [0.15, 0.2) is 0 Å². The molecule has 1 amide bonds. The van der Waals surface area contributed by atoms with Crippen molar-refractivity contribution in [3.05, 3.63) is 0 Å². The van der Waals surface area contributed by atoms with Crippen LogP contribution in [-0.2, 0) is 4.79 Å². The first kappa shape index (κ1) is 15.3. The molecule has 4 atom stereocenters. The van der Waals surface area contributed by atoms with Crippen LogP contribution in [0.3, 0.4) is 0 Å². The molecule has 4 unspecified atom stereocenters. The monoisotopic (exact) mass is 266 g/mol. The van der Waals surface area contributed by atoms with Crippen LogP contribution in [0.5, 0.6) is 0 Å². The topological polar surface area (TPSA) is 55.1 Å². The highest BCUT2D eigenvalue weighted by atomic mass is 19.4. The van der Waals surface area contributed by atoms with Gasteiger partial charge in [0.15, 0.2) is 5.54 Å². The number of hydrogen-bond donors (Lipinski definition) is 2. The van der Waals surface area contributed by atoms with Crippen molar-refractivity contribution in [3.8, 4) is 0 Å². The molecule has 0 spiro atoms. The summed E-state index contributed by atoms with van der Waals surface area (Å²) in [7, 11) is 0. The van der Waals surface area contributed by atoms with Crippen LogP contribution in [0.25, 0.3) is 0 Å². The molecule has 1 fully saturated rings. The summed E-state index contributed by atoms with van der Waals surface area (Å²) < 4.78 is 37.8. The zero-order chi connectivity index (χ0) is 14.1. The number of carbonyl (C=O) groups excluding carboxylic acids is 1. The predicted molar refractivity (Wildman–Crippen MR) is 62.8 cm³/mol. The van der Waals surface area contributed by atoms with E-state index in [0.29, 0.717) is 19.3 Å². The van der Waals surface area contributed by atoms with Gasteiger partial charge in [0.05, 0.1) is 0 Å². The Labute approximate surface area is 105 Å². The summed E-state index contributed by atoms with van der Waals surface area (Å²) >= 11 is 0. The summed E-state index contributed by atoms with van der Waals surface area (Å²) in [6.45, 7) is 4.76. The molecule has 0 aromatic rings. The van der Waals surface area contributed by atoms with Crippen molar-refractivity contribution in [2.24, 2.45) is 17.6 Å². The molecular weight excluding hydrogens is 245 g/mol. The molecule has 106 valence electrons. The van der Waals surface area contributed by atoms with E-state index in [1.54, 1.807) is 0 Å². The first-order valence-corrected chi connectivity index (χ1v) is 6.22. The fraction of sp³-hybridized carbons (Fsp3) is 0.917. The minimum atomic E-state index is -4.73. The van der Waals surface area contributed by atoms with E-state index in [1.807, 2.05) is 6.92 Å². The summed E-state index contributed by atoms with van der Waals surface area (Å²) in [6.07, 6.45) is -2.19. The highest BCUT2D eigenvalue weighted by molar-refractivity contribution is 5.86. The third-order valence-corrected chi connectivity index (χ3v) is 3.81. The number of halogens is 3. The maximum absolute atomic E-state index is 12.6. The van der Waals surface area contributed by atoms with Crippen LogP contribution in [0.4, 0.5) is 13.2 Å². The van der Waals surface area contributed by atoms with Crippen LogP contribution in [0.1, 0.15) is 40.0 Å². The largest absolute Gasteiger partial charge is 0.415 e. The molecule has 0 aromatic heterocycles. The number of alkyl halides is 3. The van der Waals surface area contributed by atoms with Crippen molar-refractivity contribution in [1.82, 2.24) is 5.32 Å². The van der Waals surface area contributed by atoms with Gasteiger partial charge in [0.1, 0.15) is 0 Å². The average Bonchev–Trinajstić information content (AvgIpc) is 2.20. The van der Waals surface area contributed by atoms with Crippen molar-refractivity contribution < 1.29 is 18.0 Å². The fourth-order valence-corrected chi connectivity index (χ4v) is 2.33. The van der Waals surface area contributed by atoms with Gasteiger partial charge in [-0.2, -0.15) is 13.2 Å². The molecule has 6 heteroatoms. The number of nitrogens with two attached hydrogens (primary N) is 1. The second-order valence-corrected chi connectivity index (χ2v) is 5.68. The quantitative estimate of drug-likeness (QED) is 0.805. The Morgan fingerprint density at radius 3 is 2.28 bits per heavy atom. The van der Waals surface area contributed by atoms with Crippen molar-refractivity contribution in [2.45, 2.75) is 57.8 Å². The molecule has 0 bridgehead atoms. The number of carbonyl (C=O) groups is 1. The Balaban J connectivity index is 2.65. The van der Waals surface area contributed by atoms with E-state index in [-0.39, 0.29) is 12.0 Å². The van der Waals surface area contributed by atoms with E-state index in [2.05, 4.69) is 12.2 Å². The molecule has 3 N–H and O–H groups in total. The lowest BCUT2D eigenvalue weighted by Crippen LogP contribution is -2.63. The van der Waals surface area contributed by atoms with Gasteiger partial charge in [-0.25, -0.2) is 0 Å². The maximum atomic E-state index is 12.6. The summed E-state index contributed by atoms with van der Waals surface area (Å²) in [6, 6.07) is -0.209. The fourth-order valence-electron chi connectivity index (χ4n) is 2.33. The van der Waals surface area contributed by atoms with E-state index in [0.717, 1.165) is 12.8 Å². The highest BCUT2D eigenvalue weighted by Gasteiger charge is 2.54. The van der Waals surface area contributed by atoms with Crippen LogP contribution in [-0.4, -0.2) is 23.7 Å². The Hall–Kier alpha value is -0.780. The zero-order valence-electron chi connectivity index (χ0n) is 11.0. The predicted octanol–water partition coefficient (Wildman–Crippen LogP) is 2.21. The Morgan fingerprint density at radius 1 is 1.28 bits per heavy atom. The lowest BCUT2D eigenvalue weighted by molar-refractivity contribution is -0.188. The normalized spacial score (nSPS) is 32.7. The number of hydrogen-bond acceptors (Lipinski definition) is 2. The van der Waals surface area contributed by atoms with Crippen LogP contribution in [0, 0.1) is 11.8 Å². The maximum Gasteiger partial charge on any atom is 0.415 e. The first-order valence-electron chi connectivity index (χ1n) is 6.22. The van der Waals surface area contributed by atoms with Gasteiger partial charge in [-0.3, -0.25) is 4.79 Å². The first-order chi connectivity index (χ1) is 8.05. The minimum absolute atomic E-state index is 0.182. The molecule has 18 heavy (non-hydrogen) atoms. The number of nitrogens with one attached hydrogen (secondary N) is 1. The standard InChI is InChI=1S/C12H21F3N2O/c1-7-4-5-9(8(2)6-7)17-10(18)11(3,16)12(13,14)15/h7-9H,4-6,16H2,1-3H3,(H,17,18). The van der Waals surface area contributed by atoms with Gasteiger partial charge in [-0.1, -0.05) is 13.8 Å². The Kier molecular flexibility index (Phi) is 4.30. The zero-order valence-corrected chi connectivity index (χ0v) is 11.0. The van der Waals surface area contributed by atoms with E-state index in [9.17, 15) is 18.0 Å². The Bertz CT molecular complexity index is 315. The summed E-state index contributed by atoms with van der Waals surface area (Å²) in [4.78, 5) is 11.7. The highest BCUT2D eigenvalue weighted by Crippen LogP contribution is 2.31. The van der Waals surface area contributed by atoms with E-state index in [4.69, 9.17) is 5.73 Å². The smallest absolute Gasteiger partial charge is 0.351 e. The molecule has 1 rings (SSSR count). The number of rotatable bonds is 2. The second-order valence-electron chi connectivity index (χ2n) is 5.68. The van der Waals surface area contributed by atoms with E-state index < -0.39 is 17.6 Å². The van der Waals surface area contributed by atoms with Gasteiger partial charge < -0.3 is 11.1 Å². The summed E-state index contributed by atoms with van der Waals surface area (Å²) in [5.41, 5.74) is 2.27. The van der Waals surface area contributed by atoms with Crippen LogP contribution < -0.4 is 11.1 Å². The molecule has 0 aromatic carbocycles. The minimum Gasteiger partial charge on any atom is -0.351 e. The molecule has 0 radical (unpaired) electrons. The average molecular weight is 266 g/mol. The van der Waals surface area contributed by atoms with Crippen molar-refractivity contribution in [1.29, 1.82) is 0 Å². The van der Waals surface area contributed by atoms with Crippen LogP contribution >= 0.6 is 0 Å². The molecule has 0 aliphatic heterocycles. The second kappa shape index (κ2) is 5.07. The van der Waals surface area contributed by atoms with Gasteiger partial charge in [0.25, 0.3) is 0 Å². The molecule has 0 heterocycles. The summed E-state index contributed by atoms with van der Waals surface area (Å²) in [5.74, 6) is -0.400. The van der Waals surface area contributed by atoms with E-state index in [1.165, 1.54) is 0 Å². The third-order valence-electron chi connectivity index (χ3n) is 3.81. The van der Waals surface area contributed by atoms with Crippen LogP contribution in [0.2, 0.25) is 0 Å². The van der Waals surface area contributed by atoms with Crippen molar-refractivity contribution >= 4 is 5.91 Å². The molecule has 1 aliphatic rings. The van der Waals surface area contributed by atoms with Gasteiger partial charge in [0.2, 0.25) is 5.91 Å². The van der Waals surface area contributed by atoms with Gasteiger partial charge in [0, 0.05) is 6.04 Å². The van der Waals surface area contributed by atoms with Gasteiger partial charge in [-0.05, 0) is 38.0 Å². The molecular formula is C12H21F3N2O. The lowest BCUT2D eigenvalue weighted by atomic mass is 9.79. The van der Waals surface area contributed by atoms with Crippen molar-refractivity contribution in [3.63, 3.8) is 0 Å². The van der Waals surface area contributed by atoms with Gasteiger partial charge in [-0.15, -0.1) is 0 Å². The molecule has 1 aliphatic carbocycles.